The highest BCUT2D eigenvalue weighted by Crippen LogP contribution is 2.21. The number of halogens is 1. The molecule has 1 atom stereocenters. The lowest BCUT2D eigenvalue weighted by Crippen LogP contribution is -2.17. The zero-order valence-electron chi connectivity index (χ0n) is 11.3. The third-order valence-corrected chi connectivity index (χ3v) is 3.64. The summed E-state index contributed by atoms with van der Waals surface area (Å²) in [5.41, 5.74) is 2.10. The number of benzene rings is 2. The van der Waals surface area contributed by atoms with E-state index in [1.165, 1.54) is 5.56 Å². The molecule has 0 fully saturated rings. The molecule has 0 aliphatic heterocycles. The highest BCUT2D eigenvalue weighted by molar-refractivity contribution is 6.30. The number of para-hydroxylation sites is 1. The predicted octanol–water partition coefficient (Wildman–Crippen LogP) is 4.94. The minimum atomic E-state index is 0.224. The van der Waals surface area contributed by atoms with E-state index in [9.17, 15) is 0 Å². The van der Waals surface area contributed by atoms with E-state index in [1.54, 1.807) is 0 Å². The average molecular weight is 286 g/mol. The first-order chi connectivity index (χ1) is 9.72. The smallest absolute Gasteiger partial charge is 0.134 e. The van der Waals surface area contributed by atoms with Gasteiger partial charge in [0.05, 0.1) is 6.54 Å². The lowest BCUT2D eigenvalue weighted by molar-refractivity contribution is 0.482. The van der Waals surface area contributed by atoms with Crippen LogP contribution in [0.4, 0.5) is 0 Å². The molecule has 0 aliphatic rings. The molecule has 1 aromatic heterocycles. The Kier molecular flexibility index (Phi) is 3.77. The van der Waals surface area contributed by atoms with E-state index in [0.29, 0.717) is 6.54 Å². The second-order valence-corrected chi connectivity index (χ2v) is 5.34. The van der Waals surface area contributed by atoms with Crippen molar-refractivity contribution in [1.82, 2.24) is 5.32 Å². The molecule has 0 spiro atoms. The molecule has 3 aromatic rings. The number of rotatable bonds is 4. The molecule has 0 bridgehead atoms. The summed E-state index contributed by atoms with van der Waals surface area (Å²) >= 11 is 6.01. The number of fused-ring (bicyclic) bond motifs is 1. The highest BCUT2D eigenvalue weighted by Gasteiger charge is 2.07. The van der Waals surface area contributed by atoms with Gasteiger partial charge in [-0.1, -0.05) is 41.9 Å². The maximum Gasteiger partial charge on any atom is 0.134 e. The summed E-state index contributed by atoms with van der Waals surface area (Å²) in [5.74, 6) is 0.945. The SMILES string of the molecule is C[C@@H](NCc1cc2ccccc2o1)c1cccc(Cl)c1. The molecular weight excluding hydrogens is 270 g/mol. The van der Waals surface area contributed by atoms with Crippen molar-refractivity contribution in [3.63, 3.8) is 0 Å². The first kappa shape index (κ1) is 13.2. The van der Waals surface area contributed by atoms with Gasteiger partial charge in [-0.25, -0.2) is 0 Å². The van der Waals surface area contributed by atoms with E-state index in [2.05, 4.69) is 30.4 Å². The van der Waals surface area contributed by atoms with Crippen LogP contribution in [0.1, 0.15) is 24.3 Å². The Bertz CT molecular complexity index is 687. The second-order valence-electron chi connectivity index (χ2n) is 4.91. The quantitative estimate of drug-likeness (QED) is 0.735. The van der Waals surface area contributed by atoms with Gasteiger partial charge in [-0.15, -0.1) is 0 Å². The number of hydrogen-bond acceptors (Lipinski definition) is 2. The summed E-state index contributed by atoms with van der Waals surface area (Å²) in [7, 11) is 0. The van der Waals surface area contributed by atoms with Gasteiger partial charge in [0.25, 0.3) is 0 Å². The van der Waals surface area contributed by atoms with Gasteiger partial charge < -0.3 is 9.73 Å². The van der Waals surface area contributed by atoms with Crippen molar-refractivity contribution in [3.8, 4) is 0 Å². The maximum absolute atomic E-state index is 6.01. The summed E-state index contributed by atoms with van der Waals surface area (Å²) in [6, 6.07) is 18.3. The molecular formula is C17H16ClNO. The van der Waals surface area contributed by atoms with Gasteiger partial charge in [-0.2, -0.15) is 0 Å². The van der Waals surface area contributed by atoms with Crippen LogP contribution >= 0.6 is 11.6 Å². The summed E-state index contributed by atoms with van der Waals surface area (Å²) in [5, 5.41) is 5.35. The Morgan fingerprint density at radius 1 is 1.10 bits per heavy atom. The van der Waals surface area contributed by atoms with Crippen LogP contribution in [0.15, 0.2) is 59.0 Å². The lowest BCUT2D eigenvalue weighted by Gasteiger charge is -2.13. The Labute approximate surface area is 123 Å². The molecule has 2 nitrogen and oxygen atoms in total. The number of hydrogen-bond donors (Lipinski definition) is 1. The topological polar surface area (TPSA) is 25.2 Å². The number of nitrogens with one attached hydrogen (secondary N) is 1. The normalized spacial score (nSPS) is 12.7. The lowest BCUT2D eigenvalue weighted by atomic mass is 10.1. The summed E-state index contributed by atoms with van der Waals surface area (Å²) < 4.78 is 5.79. The van der Waals surface area contributed by atoms with Crippen LogP contribution in [0.25, 0.3) is 11.0 Å². The standard InChI is InChI=1S/C17H16ClNO/c1-12(13-6-4-7-15(18)9-13)19-11-16-10-14-5-2-3-8-17(14)20-16/h2-10,12,19H,11H2,1H3/t12-/m1/s1. The second kappa shape index (κ2) is 5.70. The first-order valence-corrected chi connectivity index (χ1v) is 7.06. The van der Waals surface area contributed by atoms with Gasteiger partial charge in [0, 0.05) is 16.5 Å². The predicted molar refractivity (Wildman–Crippen MR) is 82.9 cm³/mol. The maximum atomic E-state index is 6.01. The fourth-order valence-electron chi connectivity index (χ4n) is 2.27. The van der Waals surface area contributed by atoms with Crippen molar-refractivity contribution in [1.29, 1.82) is 0 Å². The van der Waals surface area contributed by atoms with E-state index in [-0.39, 0.29) is 6.04 Å². The van der Waals surface area contributed by atoms with Crippen molar-refractivity contribution in [2.75, 3.05) is 0 Å². The Morgan fingerprint density at radius 2 is 1.95 bits per heavy atom. The molecule has 20 heavy (non-hydrogen) atoms. The molecule has 0 aliphatic carbocycles. The van der Waals surface area contributed by atoms with Gasteiger partial charge in [-0.05, 0) is 36.8 Å². The first-order valence-electron chi connectivity index (χ1n) is 6.69. The van der Waals surface area contributed by atoms with Crippen molar-refractivity contribution in [3.05, 3.63) is 70.9 Å². The van der Waals surface area contributed by atoms with E-state index >= 15 is 0 Å². The van der Waals surface area contributed by atoms with Crippen LogP contribution in [0.5, 0.6) is 0 Å². The minimum absolute atomic E-state index is 0.224. The van der Waals surface area contributed by atoms with Crippen LogP contribution < -0.4 is 5.32 Å². The molecule has 0 saturated carbocycles. The summed E-state index contributed by atoms with van der Waals surface area (Å²) in [4.78, 5) is 0. The van der Waals surface area contributed by atoms with Crippen molar-refractivity contribution >= 4 is 22.6 Å². The molecule has 3 rings (SSSR count). The summed E-state index contributed by atoms with van der Waals surface area (Å²) in [6.07, 6.45) is 0. The third kappa shape index (κ3) is 2.87. The monoisotopic (exact) mass is 285 g/mol. The average Bonchev–Trinajstić information content (AvgIpc) is 2.87. The van der Waals surface area contributed by atoms with Gasteiger partial charge in [0.15, 0.2) is 0 Å². The van der Waals surface area contributed by atoms with Gasteiger partial charge in [-0.3, -0.25) is 0 Å². The van der Waals surface area contributed by atoms with E-state index in [4.69, 9.17) is 16.0 Å². The van der Waals surface area contributed by atoms with Crippen LogP contribution in [0.2, 0.25) is 5.02 Å². The van der Waals surface area contributed by atoms with Crippen LogP contribution in [0.3, 0.4) is 0 Å². The number of furan rings is 1. The van der Waals surface area contributed by atoms with Crippen LogP contribution in [-0.4, -0.2) is 0 Å². The molecule has 102 valence electrons. The third-order valence-electron chi connectivity index (χ3n) is 3.41. The summed E-state index contributed by atoms with van der Waals surface area (Å²) in [6.45, 7) is 2.82. The Balaban J connectivity index is 1.69. The van der Waals surface area contributed by atoms with Crippen LogP contribution in [-0.2, 0) is 6.54 Å². The zero-order chi connectivity index (χ0) is 13.9. The van der Waals surface area contributed by atoms with Gasteiger partial charge in [0.2, 0.25) is 0 Å². The molecule has 1 N–H and O–H groups in total. The molecule has 0 amide bonds. The molecule has 0 radical (unpaired) electrons. The molecule has 2 aromatic carbocycles. The fourth-order valence-corrected chi connectivity index (χ4v) is 2.47. The Hall–Kier alpha value is -1.77. The van der Waals surface area contributed by atoms with Crippen molar-refractivity contribution in [2.45, 2.75) is 19.5 Å². The minimum Gasteiger partial charge on any atom is -0.460 e. The van der Waals surface area contributed by atoms with E-state index in [1.807, 2.05) is 36.4 Å². The van der Waals surface area contributed by atoms with Crippen molar-refractivity contribution < 1.29 is 4.42 Å². The van der Waals surface area contributed by atoms with E-state index < -0.39 is 0 Å². The van der Waals surface area contributed by atoms with E-state index in [0.717, 1.165) is 21.8 Å². The van der Waals surface area contributed by atoms with Gasteiger partial charge >= 0.3 is 0 Å². The zero-order valence-corrected chi connectivity index (χ0v) is 12.0. The van der Waals surface area contributed by atoms with Crippen LogP contribution in [0, 0.1) is 0 Å². The largest absolute Gasteiger partial charge is 0.460 e. The fraction of sp³-hybridized carbons (Fsp3) is 0.176. The van der Waals surface area contributed by atoms with Gasteiger partial charge in [0.1, 0.15) is 11.3 Å². The Morgan fingerprint density at radius 3 is 2.75 bits per heavy atom. The molecule has 1 heterocycles. The molecule has 0 unspecified atom stereocenters. The van der Waals surface area contributed by atoms with Crippen molar-refractivity contribution in [2.24, 2.45) is 0 Å². The highest BCUT2D eigenvalue weighted by atomic mass is 35.5. The molecule has 3 heteroatoms. The molecule has 0 saturated heterocycles.